The summed E-state index contributed by atoms with van der Waals surface area (Å²) < 4.78 is 1.44. The molecule has 1 fully saturated rings. The topological polar surface area (TPSA) is 54.3 Å². The molecule has 2 atom stereocenters. The standard InChI is InChI=1S/C18H29N3O2S/c1-13(2)15-11-21(9-6-10-24-4)12-16(15)19-17(22)14-7-5-8-20(3)18(14)23/h5,7-8,13,15-16H,6,9-12H2,1-4H3,(H,19,22)/t15-,16+/m0/s1. The fraction of sp³-hybridized carbons (Fsp3) is 0.667. The van der Waals surface area contributed by atoms with Gasteiger partial charge in [0.05, 0.1) is 0 Å². The summed E-state index contributed by atoms with van der Waals surface area (Å²) in [5.74, 6) is 1.84. The number of amides is 1. The molecule has 0 aliphatic carbocycles. The van der Waals surface area contributed by atoms with Crippen molar-refractivity contribution in [2.45, 2.75) is 26.3 Å². The van der Waals surface area contributed by atoms with Crippen LogP contribution < -0.4 is 10.9 Å². The molecule has 0 saturated carbocycles. The third kappa shape index (κ3) is 4.63. The fourth-order valence-electron chi connectivity index (χ4n) is 3.37. The smallest absolute Gasteiger partial charge is 0.263 e. The van der Waals surface area contributed by atoms with E-state index in [0.717, 1.165) is 19.6 Å². The molecule has 0 unspecified atom stereocenters. The van der Waals surface area contributed by atoms with E-state index < -0.39 is 0 Å². The minimum absolute atomic E-state index is 0.108. The van der Waals surface area contributed by atoms with Crippen molar-refractivity contribution in [1.82, 2.24) is 14.8 Å². The first-order valence-corrected chi connectivity index (χ1v) is 10.0. The predicted octanol–water partition coefficient (Wildman–Crippen LogP) is 1.82. The number of likely N-dealkylation sites (tertiary alicyclic amines) is 1. The van der Waals surface area contributed by atoms with E-state index in [1.54, 1.807) is 25.4 Å². The van der Waals surface area contributed by atoms with Crippen LogP contribution in [0.2, 0.25) is 0 Å². The molecule has 1 N–H and O–H groups in total. The molecule has 1 aromatic heterocycles. The van der Waals surface area contributed by atoms with E-state index in [0.29, 0.717) is 11.8 Å². The number of aryl methyl sites for hydroxylation is 1. The Balaban J connectivity index is 2.04. The first kappa shape index (κ1) is 19.1. The van der Waals surface area contributed by atoms with Crippen molar-refractivity contribution >= 4 is 17.7 Å². The van der Waals surface area contributed by atoms with E-state index in [9.17, 15) is 9.59 Å². The third-order valence-electron chi connectivity index (χ3n) is 4.80. The highest BCUT2D eigenvalue weighted by molar-refractivity contribution is 7.98. The Morgan fingerprint density at radius 3 is 2.83 bits per heavy atom. The number of nitrogens with one attached hydrogen (secondary N) is 1. The van der Waals surface area contributed by atoms with Crippen molar-refractivity contribution in [3.63, 3.8) is 0 Å². The monoisotopic (exact) mass is 351 g/mol. The van der Waals surface area contributed by atoms with Gasteiger partial charge in [-0.25, -0.2) is 0 Å². The Morgan fingerprint density at radius 2 is 2.17 bits per heavy atom. The molecule has 1 aliphatic heterocycles. The maximum Gasteiger partial charge on any atom is 0.263 e. The molecule has 0 spiro atoms. The number of carbonyl (C=O) groups excluding carboxylic acids is 1. The van der Waals surface area contributed by atoms with Crippen LogP contribution in [0.5, 0.6) is 0 Å². The molecule has 1 aromatic rings. The van der Waals surface area contributed by atoms with Crippen molar-refractivity contribution in [1.29, 1.82) is 0 Å². The summed E-state index contributed by atoms with van der Waals surface area (Å²) in [5, 5.41) is 3.12. The van der Waals surface area contributed by atoms with Crippen LogP contribution in [0.15, 0.2) is 23.1 Å². The Morgan fingerprint density at radius 1 is 1.42 bits per heavy atom. The second kappa shape index (κ2) is 8.72. The Kier molecular flexibility index (Phi) is 6.92. The molecule has 134 valence electrons. The second-order valence-electron chi connectivity index (χ2n) is 6.93. The van der Waals surface area contributed by atoms with Gasteiger partial charge in [-0.15, -0.1) is 0 Å². The number of carbonyl (C=O) groups is 1. The first-order valence-electron chi connectivity index (χ1n) is 8.61. The minimum Gasteiger partial charge on any atom is -0.348 e. The van der Waals surface area contributed by atoms with Gasteiger partial charge in [-0.2, -0.15) is 11.8 Å². The number of aromatic nitrogens is 1. The molecular weight excluding hydrogens is 322 g/mol. The van der Waals surface area contributed by atoms with Crippen LogP contribution in [-0.2, 0) is 7.05 Å². The number of nitrogens with zero attached hydrogens (tertiary/aromatic N) is 2. The van der Waals surface area contributed by atoms with E-state index in [-0.39, 0.29) is 23.1 Å². The summed E-state index contributed by atoms with van der Waals surface area (Å²) in [7, 11) is 1.67. The van der Waals surface area contributed by atoms with E-state index >= 15 is 0 Å². The van der Waals surface area contributed by atoms with Crippen LogP contribution in [0.25, 0.3) is 0 Å². The summed E-state index contributed by atoms with van der Waals surface area (Å²) in [5.41, 5.74) is -0.0192. The SMILES string of the molecule is CSCCCN1C[C@@H](NC(=O)c2cccn(C)c2=O)[C@H](C(C)C)C1. The fourth-order valence-corrected chi connectivity index (χ4v) is 3.79. The number of thioether (sulfide) groups is 1. The zero-order valence-corrected chi connectivity index (χ0v) is 15.9. The van der Waals surface area contributed by atoms with Crippen molar-refractivity contribution in [3.05, 3.63) is 34.2 Å². The first-order chi connectivity index (χ1) is 11.4. The molecule has 2 heterocycles. The molecule has 6 heteroatoms. The molecule has 1 amide bonds. The van der Waals surface area contributed by atoms with Gasteiger partial charge in [-0.05, 0) is 48.9 Å². The van der Waals surface area contributed by atoms with Crippen LogP contribution in [0, 0.1) is 11.8 Å². The van der Waals surface area contributed by atoms with Gasteiger partial charge < -0.3 is 14.8 Å². The minimum atomic E-state index is -0.252. The normalized spacial score (nSPS) is 21.4. The lowest BCUT2D eigenvalue weighted by Crippen LogP contribution is -2.44. The van der Waals surface area contributed by atoms with Crippen molar-refractivity contribution < 1.29 is 4.79 Å². The number of rotatable bonds is 7. The highest BCUT2D eigenvalue weighted by Gasteiger charge is 2.35. The third-order valence-corrected chi connectivity index (χ3v) is 5.50. The highest BCUT2D eigenvalue weighted by atomic mass is 32.2. The quantitative estimate of drug-likeness (QED) is 0.762. The van der Waals surface area contributed by atoms with Gasteiger partial charge in [0.25, 0.3) is 11.5 Å². The van der Waals surface area contributed by atoms with E-state index in [4.69, 9.17) is 0 Å². The van der Waals surface area contributed by atoms with E-state index in [2.05, 4.69) is 30.3 Å². The molecule has 0 bridgehead atoms. The molecule has 0 aromatic carbocycles. The number of pyridine rings is 1. The van der Waals surface area contributed by atoms with Crippen molar-refractivity contribution in [3.8, 4) is 0 Å². The maximum absolute atomic E-state index is 12.6. The average Bonchev–Trinajstić information content (AvgIpc) is 2.93. The molecule has 24 heavy (non-hydrogen) atoms. The zero-order chi connectivity index (χ0) is 17.7. The number of hydrogen-bond acceptors (Lipinski definition) is 4. The molecule has 2 rings (SSSR count). The lowest BCUT2D eigenvalue weighted by Gasteiger charge is -2.23. The van der Waals surface area contributed by atoms with Crippen LogP contribution in [-0.4, -0.2) is 53.1 Å². The van der Waals surface area contributed by atoms with Crippen LogP contribution >= 0.6 is 11.8 Å². The number of hydrogen-bond donors (Lipinski definition) is 1. The van der Waals surface area contributed by atoms with Crippen LogP contribution in [0.1, 0.15) is 30.6 Å². The maximum atomic E-state index is 12.6. The Labute approximate surface area is 148 Å². The second-order valence-corrected chi connectivity index (χ2v) is 7.92. The van der Waals surface area contributed by atoms with Gasteiger partial charge in [0.1, 0.15) is 5.56 Å². The van der Waals surface area contributed by atoms with E-state index in [1.807, 2.05) is 11.8 Å². The molecule has 0 radical (unpaired) electrons. The molecule has 5 nitrogen and oxygen atoms in total. The van der Waals surface area contributed by atoms with Gasteiger partial charge in [0.15, 0.2) is 0 Å². The van der Waals surface area contributed by atoms with Gasteiger partial charge in [-0.1, -0.05) is 13.8 Å². The average molecular weight is 352 g/mol. The van der Waals surface area contributed by atoms with Gasteiger partial charge in [0, 0.05) is 32.4 Å². The molecule has 1 saturated heterocycles. The van der Waals surface area contributed by atoms with E-state index in [1.165, 1.54) is 16.7 Å². The summed E-state index contributed by atoms with van der Waals surface area (Å²) in [6, 6.07) is 3.45. The summed E-state index contributed by atoms with van der Waals surface area (Å²) in [4.78, 5) is 27.1. The summed E-state index contributed by atoms with van der Waals surface area (Å²) >= 11 is 1.87. The largest absolute Gasteiger partial charge is 0.348 e. The Hall–Kier alpha value is -1.27. The van der Waals surface area contributed by atoms with Crippen LogP contribution in [0.3, 0.4) is 0 Å². The predicted molar refractivity (Wildman–Crippen MR) is 101 cm³/mol. The van der Waals surface area contributed by atoms with Gasteiger partial charge in [0.2, 0.25) is 0 Å². The molecular formula is C18H29N3O2S. The lowest BCUT2D eigenvalue weighted by molar-refractivity contribution is 0.0923. The van der Waals surface area contributed by atoms with Crippen molar-refractivity contribution in [2.24, 2.45) is 18.9 Å². The Bertz CT molecular complexity index is 615. The summed E-state index contributed by atoms with van der Waals surface area (Å²) in [6.45, 7) is 7.37. The van der Waals surface area contributed by atoms with Gasteiger partial charge >= 0.3 is 0 Å². The van der Waals surface area contributed by atoms with Crippen molar-refractivity contribution in [2.75, 3.05) is 31.6 Å². The molecule has 1 aliphatic rings. The highest BCUT2D eigenvalue weighted by Crippen LogP contribution is 2.25. The van der Waals surface area contributed by atoms with Crippen LogP contribution in [0.4, 0.5) is 0 Å². The zero-order valence-electron chi connectivity index (χ0n) is 15.1. The summed E-state index contributed by atoms with van der Waals surface area (Å²) in [6.07, 6.45) is 4.97. The van der Waals surface area contributed by atoms with Gasteiger partial charge in [-0.3, -0.25) is 9.59 Å². The lowest BCUT2D eigenvalue weighted by atomic mass is 9.91.